The molecule has 1 N–H and O–H groups in total. The summed E-state index contributed by atoms with van der Waals surface area (Å²) in [7, 11) is 0. The van der Waals surface area contributed by atoms with E-state index in [1.54, 1.807) is 6.07 Å². The first-order valence-electron chi connectivity index (χ1n) is 4.31. The minimum atomic E-state index is -0.140. The number of ether oxygens (including phenoxy) is 1. The van der Waals surface area contributed by atoms with Crippen LogP contribution in [0.3, 0.4) is 0 Å². The van der Waals surface area contributed by atoms with Crippen LogP contribution in [0.2, 0.25) is 5.15 Å². The van der Waals surface area contributed by atoms with E-state index in [2.05, 4.69) is 32.8 Å². The van der Waals surface area contributed by atoms with Crippen LogP contribution in [0.5, 0.6) is 17.4 Å². The molecule has 82 valence electrons. The molecule has 1 aromatic heterocycles. The standard InChI is InChI=1S/C10H6ClIN2O2/c11-9-5-8(15)10(14-13-9)16-7-3-1-2-6(12)4-7/h1-5H,(H,13,15). The Labute approximate surface area is 110 Å². The number of aromatic nitrogens is 2. The molecule has 0 saturated carbocycles. The number of benzene rings is 1. The van der Waals surface area contributed by atoms with E-state index < -0.39 is 0 Å². The van der Waals surface area contributed by atoms with Crippen LogP contribution in [0.1, 0.15) is 0 Å². The van der Waals surface area contributed by atoms with E-state index in [0.717, 1.165) is 3.57 Å². The fourth-order valence-corrected chi connectivity index (χ4v) is 1.72. The van der Waals surface area contributed by atoms with Gasteiger partial charge >= 0.3 is 0 Å². The molecule has 0 bridgehead atoms. The maximum absolute atomic E-state index is 9.51. The molecule has 16 heavy (non-hydrogen) atoms. The van der Waals surface area contributed by atoms with Gasteiger partial charge in [0.1, 0.15) is 5.75 Å². The van der Waals surface area contributed by atoms with Crippen molar-refractivity contribution in [2.75, 3.05) is 0 Å². The van der Waals surface area contributed by atoms with Gasteiger partial charge in [-0.3, -0.25) is 0 Å². The van der Waals surface area contributed by atoms with Gasteiger partial charge in [-0.2, -0.15) is 0 Å². The first-order chi connectivity index (χ1) is 7.65. The van der Waals surface area contributed by atoms with Gasteiger partial charge in [0.05, 0.1) is 0 Å². The number of nitrogens with zero attached hydrogens (tertiary/aromatic N) is 2. The molecule has 0 aliphatic heterocycles. The second kappa shape index (κ2) is 4.84. The van der Waals surface area contributed by atoms with Gasteiger partial charge in [-0.05, 0) is 40.8 Å². The van der Waals surface area contributed by atoms with E-state index in [-0.39, 0.29) is 16.8 Å². The lowest BCUT2D eigenvalue weighted by molar-refractivity contribution is 0.391. The van der Waals surface area contributed by atoms with E-state index >= 15 is 0 Å². The smallest absolute Gasteiger partial charge is 0.281 e. The third kappa shape index (κ3) is 2.73. The molecule has 0 amide bonds. The highest BCUT2D eigenvalue weighted by molar-refractivity contribution is 14.1. The lowest BCUT2D eigenvalue weighted by Crippen LogP contribution is -1.91. The fraction of sp³-hybridized carbons (Fsp3) is 0. The Bertz CT molecular complexity index is 522. The van der Waals surface area contributed by atoms with Crippen LogP contribution in [0, 0.1) is 3.57 Å². The van der Waals surface area contributed by atoms with E-state index in [0.29, 0.717) is 5.75 Å². The molecule has 4 nitrogen and oxygen atoms in total. The van der Waals surface area contributed by atoms with Gasteiger partial charge in [-0.1, -0.05) is 17.7 Å². The minimum Gasteiger partial charge on any atom is -0.503 e. The summed E-state index contributed by atoms with van der Waals surface area (Å²) >= 11 is 7.72. The van der Waals surface area contributed by atoms with Crippen LogP contribution >= 0.6 is 34.2 Å². The van der Waals surface area contributed by atoms with Crippen LogP contribution in [-0.2, 0) is 0 Å². The Morgan fingerprint density at radius 2 is 2.06 bits per heavy atom. The van der Waals surface area contributed by atoms with Crippen molar-refractivity contribution in [2.45, 2.75) is 0 Å². The molecule has 2 rings (SSSR count). The Morgan fingerprint density at radius 1 is 1.25 bits per heavy atom. The molecular weight excluding hydrogens is 342 g/mol. The Morgan fingerprint density at radius 3 is 2.75 bits per heavy atom. The number of hydrogen-bond donors (Lipinski definition) is 1. The van der Waals surface area contributed by atoms with Crippen LogP contribution in [0.4, 0.5) is 0 Å². The molecule has 0 saturated heterocycles. The predicted molar refractivity (Wildman–Crippen MR) is 67.9 cm³/mol. The van der Waals surface area contributed by atoms with E-state index in [4.69, 9.17) is 16.3 Å². The molecular formula is C10H6ClIN2O2. The van der Waals surface area contributed by atoms with Gasteiger partial charge in [0.15, 0.2) is 10.9 Å². The quantitative estimate of drug-likeness (QED) is 0.847. The second-order valence-electron chi connectivity index (χ2n) is 2.92. The van der Waals surface area contributed by atoms with Crippen molar-refractivity contribution in [3.05, 3.63) is 39.1 Å². The summed E-state index contributed by atoms with van der Waals surface area (Å²) < 4.78 is 6.38. The van der Waals surface area contributed by atoms with Crippen molar-refractivity contribution in [3.8, 4) is 17.4 Å². The highest BCUT2D eigenvalue weighted by Gasteiger charge is 2.07. The lowest BCUT2D eigenvalue weighted by atomic mass is 10.3. The summed E-state index contributed by atoms with van der Waals surface area (Å²) in [6.07, 6.45) is 0. The zero-order valence-corrected chi connectivity index (χ0v) is 10.8. The SMILES string of the molecule is Oc1cc(Cl)nnc1Oc1cccc(I)c1. The van der Waals surface area contributed by atoms with Gasteiger partial charge in [0.2, 0.25) is 0 Å². The number of rotatable bonds is 2. The lowest BCUT2D eigenvalue weighted by Gasteiger charge is -2.05. The number of aromatic hydroxyl groups is 1. The van der Waals surface area contributed by atoms with Crippen molar-refractivity contribution in [1.29, 1.82) is 0 Å². The molecule has 0 fully saturated rings. The van der Waals surface area contributed by atoms with Crippen LogP contribution in [-0.4, -0.2) is 15.3 Å². The molecule has 1 aromatic carbocycles. The Balaban J connectivity index is 2.27. The maximum Gasteiger partial charge on any atom is 0.281 e. The Kier molecular flexibility index (Phi) is 3.45. The maximum atomic E-state index is 9.51. The minimum absolute atomic E-state index is 0.0337. The molecule has 0 radical (unpaired) electrons. The normalized spacial score (nSPS) is 10.1. The van der Waals surface area contributed by atoms with Crippen molar-refractivity contribution < 1.29 is 9.84 Å². The first kappa shape index (κ1) is 11.4. The van der Waals surface area contributed by atoms with Crippen molar-refractivity contribution >= 4 is 34.2 Å². The van der Waals surface area contributed by atoms with Gasteiger partial charge in [-0.15, -0.1) is 10.2 Å². The largest absolute Gasteiger partial charge is 0.503 e. The zero-order valence-electron chi connectivity index (χ0n) is 7.89. The summed E-state index contributed by atoms with van der Waals surface area (Å²) in [6, 6.07) is 8.63. The average molecular weight is 349 g/mol. The molecule has 0 aliphatic carbocycles. The summed E-state index contributed by atoms with van der Waals surface area (Å²) in [6.45, 7) is 0. The molecule has 0 unspecified atom stereocenters. The molecule has 0 aliphatic rings. The van der Waals surface area contributed by atoms with Crippen molar-refractivity contribution in [1.82, 2.24) is 10.2 Å². The summed E-state index contributed by atoms with van der Waals surface area (Å²) in [5.41, 5.74) is 0. The average Bonchev–Trinajstić information content (AvgIpc) is 2.22. The number of halogens is 2. The van der Waals surface area contributed by atoms with Crippen molar-refractivity contribution in [3.63, 3.8) is 0 Å². The molecule has 1 heterocycles. The fourth-order valence-electron chi connectivity index (χ4n) is 1.06. The Hall–Kier alpha value is -1.08. The highest BCUT2D eigenvalue weighted by Crippen LogP contribution is 2.29. The summed E-state index contributed by atoms with van der Waals surface area (Å²) in [5.74, 6) is 0.476. The van der Waals surface area contributed by atoms with Crippen LogP contribution in [0.25, 0.3) is 0 Å². The van der Waals surface area contributed by atoms with Crippen LogP contribution in [0.15, 0.2) is 30.3 Å². The van der Waals surface area contributed by atoms with Crippen molar-refractivity contribution in [2.24, 2.45) is 0 Å². The van der Waals surface area contributed by atoms with Gasteiger partial charge < -0.3 is 9.84 Å². The van der Waals surface area contributed by atoms with Gasteiger partial charge in [-0.25, -0.2) is 0 Å². The van der Waals surface area contributed by atoms with Gasteiger partial charge in [0.25, 0.3) is 5.88 Å². The number of hydrogen-bond acceptors (Lipinski definition) is 4. The second-order valence-corrected chi connectivity index (χ2v) is 4.55. The van der Waals surface area contributed by atoms with E-state index in [9.17, 15) is 5.11 Å². The molecule has 6 heteroatoms. The van der Waals surface area contributed by atoms with Gasteiger partial charge in [0, 0.05) is 9.64 Å². The molecule has 0 spiro atoms. The third-order valence-corrected chi connectivity index (χ3v) is 2.58. The van der Waals surface area contributed by atoms with E-state index in [1.807, 2.05) is 18.2 Å². The van der Waals surface area contributed by atoms with E-state index in [1.165, 1.54) is 6.07 Å². The molecule has 0 atom stereocenters. The summed E-state index contributed by atoms with van der Waals surface area (Å²) in [5, 5.41) is 16.9. The highest BCUT2D eigenvalue weighted by atomic mass is 127. The first-order valence-corrected chi connectivity index (χ1v) is 5.76. The van der Waals surface area contributed by atoms with Crippen LogP contribution < -0.4 is 4.74 Å². The monoisotopic (exact) mass is 348 g/mol. The topological polar surface area (TPSA) is 55.2 Å². The zero-order chi connectivity index (χ0) is 11.5. The molecule has 2 aromatic rings. The predicted octanol–water partition coefficient (Wildman–Crippen LogP) is 3.23. The summed E-state index contributed by atoms with van der Waals surface area (Å²) in [4.78, 5) is 0. The third-order valence-electron chi connectivity index (χ3n) is 1.72.